The van der Waals surface area contributed by atoms with Gasteiger partial charge < -0.3 is 10.1 Å². The average Bonchev–Trinajstić information content (AvgIpc) is 2.79. The summed E-state index contributed by atoms with van der Waals surface area (Å²) in [5.74, 6) is 0.327. The van der Waals surface area contributed by atoms with Crippen molar-refractivity contribution in [3.63, 3.8) is 0 Å². The third-order valence-corrected chi connectivity index (χ3v) is 6.69. The molecule has 0 aliphatic heterocycles. The quantitative estimate of drug-likeness (QED) is 0.518. The van der Waals surface area contributed by atoms with Crippen molar-refractivity contribution in [3.05, 3.63) is 95.6 Å². The van der Waals surface area contributed by atoms with Crippen molar-refractivity contribution >= 4 is 15.9 Å². The number of carbonyl (C=O) groups is 1. The van der Waals surface area contributed by atoms with Crippen LogP contribution in [-0.2, 0) is 21.2 Å². The molecule has 2 atom stereocenters. The van der Waals surface area contributed by atoms with Gasteiger partial charge in [-0.3, -0.25) is 4.79 Å². The van der Waals surface area contributed by atoms with Crippen molar-refractivity contribution < 1.29 is 17.9 Å². The van der Waals surface area contributed by atoms with Gasteiger partial charge in [0, 0.05) is 0 Å². The second-order valence-corrected chi connectivity index (χ2v) is 9.39. The molecule has 0 bridgehead atoms. The summed E-state index contributed by atoms with van der Waals surface area (Å²) in [4.78, 5) is 13.3. The molecule has 0 aromatic heterocycles. The summed E-state index contributed by atoms with van der Waals surface area (Å²) in [6.45, 7) is 3.74. The third kappa shape index (κ3) is 6.18. The van der Waals surface area contributed by atoms with Crippen LogP contribution in [0, 0.1) is 6.92 Å². The van der Waals surface area contributed by atoms with E-state index in [-0.39, 0.29) is 17.4 Å². The predicted octanol–water partition coefficient (Wildman–Crippen LogP) is 3.77. The molecule has 0 aliphatic rings. The summed E-state index contributed by atoms with van der Waals surface area (Å²) in [5.41, 5.74) is 2.70. The van der Waals surface area contributed by atoms with Crippen LogP contribution in [0.3, 0.4) is 0 Å². The van der Waals surface area contributed by atoms with Crippen LogP contribution >= 0.6 is 0 Å². The third-order valence-electron chi connectivity index (χ3n) is 5.20. The van der Waals surface area contributed by atoms with Crippen molar-refractivity contribution in [2.75, 3.05) is 7.11 Å². The minimum Gasteiger partial charge on any atom is -0.497 e. The highest BCUT2D eigenvalue weighted by molar-refractivity contribution is 7.89. The van der Waals surface area contributed by atoms with Crippen molar-refractivity contribution in [2.24, 2.45) is 0 Å². The zero-order valence-electron chi connectivity index (χ0n) is 18.4. The molecule has 0 spiro atoms. The van der Waals surface area contributed by atoms with E-state index in [1.54, 1.807) is 19.2 Å². The van der Waals surface area contributed by atoms with E-state index in [0.29, 0.717) is 0 Å². The fourth-order valence-electron chi connectivity index (χ4n) is 3.30. The molecule has 0 unspecified atom stereocenters. The van der Waals surface area contributed by atoms with Gasteiger partial charge >= 0.3 is 0 Å². The highest BCUT2D eigenvalue weighted by Gasteiger charge is 2.27. The fourth-order valence-corrected chi connectivity index (χ4v) is 4.50. The van der Waals surface area contributed by atoms with Crippen LogP contribution < -0.4 is 14.8 Å². The molecule has 3 rings (SSSR count). The van der Waals surface area contributed by atoms with Crippen LogP contribution in [0.4, 0.5) is 0 Å². The smallest absolute Gasteiger partial charge is 0.241 e. The molecule has 2 N–H and O–H groups in total. The Balaban J connectivity index is 1.81. The van der Waals surface area contributed by atoms with Gasteiger partial charge in [-0.1, -0.05) is 60.2 Å². The van der Waals surface area contributed by atoms with Crippen molar-refractivity contribution in [1.82, 2.24) is 10.0 Å². The molecule has 0 aliphatic carbocycles. The molecule has 7 heteroatoms. The molecule has 168 valence electrons. The number of benzene rings is 3. The van der Waals surface area contributed by atoms with E-state index in [9.17, 15) is 13.2 Å². The number of ether oxygens (including phenoxy) is 1. The van der Waals surface area contributed by atoms with Crippen LogP contribution in [0.1, 0.15) is 29.7 Å². The minimum atomic E-state index is -3.88. The average molecular weight is 453 g/mol. The molecular weight excluding hydrogens is 424 g/mol. The topological polar surface area (TPSA) is 84.5 Å². The number of rotatable bonds is 9. The number of methoxy groups -OCH3 is 1. The molecule has 1 amide bonds. The van der Waals surface area contributed by atoms with Crippen molar-refractivity contribution in [3.8, 4) is 5.75 Å². The minimum absolute atomic E-state index is 0.122. The Kier molecular flexibility index (Phi) is 7.66. The molecule has 0 saturated carbocycles. The van der Waals surface area contributed by atoms with Crippen LogP contribution in [-0.4, -0.2) is 27.5 Å². The highest BCUT2D eigenvalue weighted by Crippen LogP contribution is 2.18. The first-order chi connectivity index (χ1) is 15.3. The molecule has 3 aromatic rings. The van der Waals surface area contributed by atoms with Gasteiger partial charge in [-0.25, -0.2) is 8.42 Å². The SMILES string of the molecule is COc1ccc([C@@H](C)NC(=O)[C@H](Cc2ccccc2)NS(=O)(=O)c2ccc(C)cc2)cc1. The van der Waals surface area contributed by atoms with Gasteiger partial charge in [0.15, 0.2) is 0 Å². The normalized spacial score (nSPS) is 13.2. The molecule has 3 aromatic carbocycles. The summed E-state index contributed by atoms with van der Waals surface area (Å²) in [6.07, 6.45) is 0.229. The van der Waals surface area contributed by atoms with E-state index in [1.807, 2.05) is 68.4 Å². The van der Waals surface area contributed by atoms with Crippen molar-refractivity contribution in [2.45, 2.75) is 37.2 Å². The lowest BCUT2D eigenvalue weighted by atomic mass is 10.0. The standard InChI is InChI=1S/C25H28N2O4S/c1-18-9-15-23(16-10-18)32(29,30)27-24(17-20-7-5-4-6-8-20)25(28)26-19(2)21-11-13-22(31-3)14-12-21/h4-16,19,24,27H,17H2,1-3H3,(H,26,28)/t19-,24+/m1/s1. The Morgan fingerprint density at radius 3 is 2.16 bits per heavy atom. The zero-order valence-corrected chi connectivity index (χ0v) is 19.2. The summed E-state index contributed by atoms with van der Waals surface area (Å²) >= 11 is 0. The number of amides is 1. The van der Waals surface area contributed by atoms with Crippen LogP contribution in [0.2, 0.25) is 0 Å². The lowest BCUT2D eigenvalue weighted by molar-refractivity contribution is -0.123. The summed E-state index contributed by atoms with van der Waals surface area (Å²) in [6, 6.07) is 22.0. The van der Waals surface area contributed by atoms with Crippen LogP contribution in [0.25, 0.3) is 0 Å². The first-order valence-electron chi connectivity index (χ1n) is 10.4. The molecular formula is C25H28N2O4S. The van der Waals surface area contributed by atoms with E-state index in [1.165, 1.54) is 12.1 Å². The predicted molar refractivity (Wildman–Crippen MR) is 125 cm³/mol. The Labute approximate surface area is 189 Å². The Morgan fingerprint density at radius 1 is 0.938 bits per heavy atom. The van der Waals surface area contributed by atoms with Gasteiger partial charge in [-0.2, -0.15) is 4.72 Å². The summed E-state index contributed by atoms with van der Waals surface area (Å²) in [5, 5.41) is 2.93. The van der Waals surface area contributed by atoms with Gasteiger partial charge in [-0.15, -0.1) is 0 Å². The Morgan fingerprint density at radius 2 is 1.56 bits per heavy atom. The lowest BCUT2D eigenvalue weighted by Gasteiger charge is -2.22. The number of sulfonamides is 1. The highest BCUT2D eigenvalue weighted by atomic mass is 32.2. The maximum absolute atomic E-state index is 13.2. The largest absolute Gasteiger partial charge is 0.497 e. The summed E-state index contributed by atoms with van der Waals surface area (Å²) in [7, 11) is -2.29. The summed E-state index contributed by atoms with van der Waals surface area (Å²) < 4.78 is 33.7. The molecule has 0 fully saturated rings. The first kappa shape index (κ1) is 23.5. The Hall–Kier alpha value is -3.16. The molecule has 0 saturated heterocycles. The van der Waals surface area contributed by atoms with Gasteiger partial charge in [0.05, 0.1) is 18.0 Å². The number of nitrogens with one attached hydrogen (secondary N) is 2. The van der Waals surface area contributed by atoms with Gasteiger partial charge in [0.2, 0.25) is 15.9 Å². The van der Waals surface area contributed by atoms with E-state index in [4.69, 9.17) is 4.74 Å². The Bertz CT molecular complexity index is 1130. The second kappa shape index (κ2) is 10.4. The van der Waals surface area contributed by atoms with Crippen LogP contribution in [0.15, 0.2) is 83.8 Å². The number of hydrogen-bond acceptors (Lipinski definition) is 4. The van der Waals surface area contributed by atoms with Crippen molar-refractivity contribution in [1.29, 1.82) is 0 Å². The lowest BCUT2D eigenvalue weighted by Crippen LogP contribution is -2.48. The molecule has 0 radical (unpaired) electrons. The molecule has 32 heavy (non-hydrogen) atoms. The number of aryl methyl sites for hydroxylation is 1. The fraction of sp³-hybridized carbons (Fsp3) is 0.240. The number of hydrogen-bond donors (Lipinski definition) is 2. The maximum atomic E-state index is 13.2. The number of carbonyl (C=O) groups excluding carboxylic acids is 1. The first-order valence-corrected chi connectivity index (χ1v) is 11.8. The monoisotopic (exact) mass is 452 g/mol. The molecule has 0 heterocycles. The van der Waals surface area contributed by atoms with Gasteiger partial charge in [0.1, 0.15) is 11.8 Å². The molecule has 6 nitrogen and oxygen atoms in total. The maximum Gasteiger partial charge on any atom is 0.241 e. The van der Waals surface area contributed by atoms with Crippen LogP contribution in [0.5, 0.6) is 5.75 Å². The zero-order chi connectivity index (χ0) is 23.1. The second-order valence-electron chi connectivity index (χ2n) is 7.68. The van der Waals surface area contributed by atoms with Gasteiger partial charge in [-0.05, 0) is 55.7 Å². The van der Waals surface area contributed by atoms with E-state index < -0.39 is 22.0 Å². The van der Waals surface area contributed by atoms with E-state index >= 15 is 0 Å². The van der Waals surface area contributed by atoms with E-state index in [2.05, 4.69) is 10.0 Å². The van der Waals surface area contributed by atoms with E-state index in [0.717, 1.165) is 22.4 Å². The van der Waals surface area contributed by atoms with Gasteiger partial charge in [0.25, 0.3) is 0 Å².